The van der Waals surface area contributed by atoms with Gasteiger partial charge >= 0.3 is 0 Å². The van der Waals surface area contributed by atoms with Crippen LogP contribution in [0.2, 0.25) is 5.02 Å². The Labute approximate surface area is 161 Å². The van der Waals surface area contributed by atoms with Crippen molar-refractivity contribution in [3.05, 3.63) is 28.8 Å². The fraction of sp³-hybridized carbons (Fsp3) is 0.579. The van der Waals surface area contributed by atoms with E-state index in [0.29, 0.717) is 6.04 Å². The molecule has 0 radical (unpaired) electrons. The Bertz CT molecular complexity index is 615. The first-order valence-electron chi connectivity index (χ1n) is 9.02. The number of amides is 1. The third-order valence-electron chi connectivity index (χ3n) is 4.87. The third-order valence-corrected chi connectivity index (χ3v) is 5.62. The number of nitrogens with zero attached hydrogens (tertiary/aromatic N) is 2. The van der Waals surface area contributed by atoms with Crippen LogP contribution in [0.4, 0.5) is 5.69 Å². The Morgan fingerprint density at radius 3 is 2.68 bits per heavy atom. The molecule has 1 aliphatic rings. The standard InChI is InChI=1S/C19H28ClN3OS/c1-4-5-11-23(16-9-12-22(13-10-16)15(3)24)19(25)21-18-8-6-7-17(20)14(18)2/h6-8,16H,4-5,9-13H2,1-3H3,(H,21,25). The van der Waals surface area contributed by atoms with E-state index in [1.807, 2.05) is 30.0 Å². The van der Waals surface area contributed by atoms with E-state index in [0.717, 1.165) is 66.7 Å². The number of rotatable bonds is 5. The highest BCUT2D eigenvalue weighted by Crippen LogP contribution is 2.24. The van der Waals surface area contributed by atoms with Gasteiger partial charge in [-0.3, -0.25) is 4.79 Å². The number of nitrogens with one attached hydrogen (secondary N) is 1. The van der Waals surface area contributed by atoms with E-state index in [2.05, 4.69) is 17.1 Å². The van der Waals surface area contributed by atoms with E-state index in [-0.39, 0.29) is 5.91 Å². The molecule has 1 fully saturated rings. The number of halogens is 1. The molecule has 1 saturated heterocycles. The molecule has 4 nitrogen and oxygen atoms in total. The van der Waals surface area contributed by atoms with Crippen molar-refractivity contribution < 1.29 is 4.79 Å². The van der Waals surface area contributed by atoms with Crippen molar-refractivity contribution in [1.82, 2.24) is 9.80 Å². The van der Waals surface area contributed by atoms with Crippen molar-refractivity contribution in [2.24, 2.45) is 0 Å². The highest BCUT2D eigenvalue weighted by atomic mass is 35.5. The average Bonchev–Trinajstić information content (AvgIpc) is 2.59. The monoisotopic (exact) mass is 381 g/mol. The van der Waals surface area contributed by atoms with E-state index in [1.165, 1.54) is 0 Å². The molecule has 0 aromatic heterocycles. The van der Waals surface area contributed by atoms with Gasteiger partial charge < -0.3 is 15.1 Å². The minimum atomic E-state index is 0.161. The lowest BCUT2D eigenvalue weighted by molar-refractivity contribution is -0.130. The molecule has 0 unspecified atom stereocenters. The van der Waals surface area contributed by atoms with Crippen molar-refractivity contribution in [2.45, 2.75) is 52.5 Å². The van der Waals surface area contributed by atoms with Gasteiger partial charge in [-0.05, 0) is 56.1 Å². The van der Waals surface area contributed by atoms with Crippen molar-refractivity contribution in [2.75, 3.05) is 25.0 Å². The SMILES string of the molecule is CCCCN(C(=S)Nc1cccc(Cl)c1C)C1CCN(C(C)=O)CC1. The van der Waals surface area contributed by atoms with Gasteiger partial charge in [-0.15, -0.1) is 0 Å². The third kappa shape index (κ3) is 5.32. The van der Waals surface area contributed by atoms with Crippen LogP contribution in [0.3, 0.4) is 0 Å². The summed E-state index contributed by atoms with van der Waals surface area (Å²) in [4.78, 5) is 15.8. The molecule has 25 heavy (non-hydrogen) atoms. The zero-order valence-corrected chi connectivity index (χ0v) is 16.9. The summed E-state index contributed by atoms with van der Waals surface area (Å²) in [6.45, 7) is 8.38. The summed E-state index contributed by atoms with van der Waals surface area (Å²) in [5, 5.41) is 4.87. The maximum atomic E-state index is 11.6. The first-order chi connectivity index (χ1) is 11.9. The summed E-state index contributed by atoms with van der Waals surface area (Å²) in [6.07, 6.45) is 4.14. The van der Waals surface area contributed by atoms with Crippen molar-refractivity contribution in [3.63, 3.8) is 0 Å². The van der Waals surface area contributed by atoms with Crippen molar-refractivity contribution in [3.8, 4) is 0 Å². The number of anilines is 1. The Morgan fingerprint density at radius 2 is 2.08 bits per heavy atom. The van der Waals surface area contributed by atoms with E-state index in [1.54, 1.807) is 6.92 Å². The molecule has 0 saturated carbocycles. The summed E-state index contributed by atoms with van der Waals surface area (Å²) >= 11 is 11.9. The highest BCUT2D eigenvalue weighted by molar-refractivity contribution is 7.80. The van der Waals surface area contributed by atoms with Gasteiger partial charge in [0, 0.05) is 43.3 Å². The second kappa shape index (κ2) is 9.39. The van der Waals surface area contributed by atoms with Crippen LogP contribution < -0.4 is 5.32 Å². The van der Waals surface area contributed by atoms with E-state index in [9.17, 15) is 4.79 Å². The smallest absolute Gasteiger partial charge is 0.219 e. The summed E-state index contributed by atoms with van der Waals surface area (Å²) in [5.41, 5.74) is 1.97. The number of piperidine rings is 1. The van der Waals surface area contributed by atoms with Crippen molar-refractivity contribution >= 4 is 40.5 Å². The maximum Gasteiger partial charge on any atom is 0.219 e. The first kappa shape index (κ1) is 20.0. The van der Waals surface area contributed by atoms with E-state index in [4.69, 9.17) is 23.8 Å². The molecule has 1 aliphatic heterocycles. The molecule has 1 N–H and O–H groups in total. The van der Waals surface area contributed by atoms with Gasteiger partial charge in [-0.25, -0.2) is 0 Å². The lowest BCUT2D eigenvalue weighted by Crippen LogP contribution is -2.49. The lowest BCUT2D eigenvalue weighted by atomic mass is 10.0. The Morgan fingerprint density at radius 1 is 1.40 bits per heavy atom. The number of unbranched alkanes of at least 4 members (excludes halogenated alkanes) is 1. The molecule has 2 rings (SSSR count). The summed E-state index contributed by atoms with van der Waals surface area (Å²) in [5.74, 6) is 0.161. The molecular formula is C19H28ClN3OS. The van der Waals surface area contributed by atoms with Gasteiger partial charge in [0.2, 0.25) is 5.91 Å². The summed E-state index contributed by atoms with van der Waals surface area (Å²) < 4.78 is 0. The van der Waals surface area contributed by atoms with Crippen LogP contribution in [0.5, 0.6) is 0 Å². The number of carbonyl (C=O) groups is 1. The molecule has 1 heterocycles. The zero-order chi connectivity index (χ0) is 18.4. The molecular weight excluding hydrogens is 354 g/mol. The number of hydrogen-bond acceptors (Lipinski definition) is 2. The quantitative estimate of drug-likeness (QED) is 0.764. The van der Waals surface area contributed by atoms with Crippen LogP contribution >= 0.6 is 23.8 Å². The molecule has 0 atom stereocenters. The fourth-order valence-corrected chi connectivity index (χ4v) is 3.73. The average molecular weight is 382 g/mol. The fourth-order valence-electron chi connectivity index (χ4n) is 3.20. The maximum absolute atomic E-state index is 11.6. The molecule has 1 aromatic rings. The summed E-state index contributed by atoms with van der Waals surface area (Å²) in [7, 11) is 0. The molecule has 0 bridgehead atoms. The Hall–Kier alpha value is -1.33. The Balaban J connectivity index is 2.07. The van der Waals surface area contributed by atoms with Crippen LogP contribution in [0, 0.1) is 6.92 Å². The molecule has 0 spiro atoms. The second-order valence-electron chi connectivity index (χ2n) is 6.63. The van der Waals surface area contributed by atoms with Crippen LogP contribution in [-0.4, -0.2) is 46.5 Å². The molecule has 0 aliphatic carbocycles. The van der Waals surface area contributed by atoms with E-state index < -0.39 is 0 Å². The number of carbonyl (C=O) groups excluding carboxylic acids is 1. The largest absolute Gasteiger partial charge is 0.346 e. The molecule has 6 heteroatoms. The zero-order valence-electron chi connectivity index (χ0n) is 15.3. The van der Waals surface area contributed by atoms with Crippen LogP contribution in [-0.2, 0) is 4.79 Å². The topological polar surface area (TPSA) is 35.6 Å². The van der Waals surface area contributed by atoms with Gasteiger partial charge in [0.05, 0.1) is 0 Å². The molecule has 138 valence electrons. The van der Waals surface area contributed by atoms with Gasteiger partial charge in [-0.2, -0.15) is 0 Å². The normalized spacial score (nSPS) is 15.1. The lowest BCUT2D eigenvalue weighted by Gasteiger charge is -2.39. The van der Waals surface area contributed by atoms with Crippen LogP contribution in [0.25, 0.3) is 0 Å². The van der Waals surface area contributed by atoms with Gasteiger partial charge in [0.25, 0.3) is 0 Å². The predicted octanol–water partition coefficient (Wildman–Crippen LogP) is 4.46. The Kier molecular flexibility index (Phi) is 7.51. The predicted molar refractivity (Wildman–Crippen MR) is 109 cm³/mol. The minimum absolute atomic E-state index is 0.161. The number of hydrogen-bond donors (Lipinski definition) is 1. The van der Waals surface area contributed by atoms with E-state index >= 15 is 0 Å². The van der Waals surface area contributed by atoms with Crippen molar-refractivity contribution in [1.29, 1.82) is 0 Å². The van der Waals surface area contributed by atoms with Gasteiger partial charge in [0.1, 0.15) is 0 Å². The number of benzene rings is 1. The number of thiocarbonyl (C=S) groups is 1. The van der Waals surface area contributed by atoms with Crippen LogP contribution in [0.1, 0.15) is 45.1 Å². The molecule has 1 aromatic carbocycles. The number of likely N-dealkylation sites (tertiary alicyclic amines) is 1. The second-order valence-corrected chi connectivity index (χ2v) is 7.42. The minimum Gasteiger partial charge on any atom is -0.346 e. The van der Waals surface area contributed by atoms with Gasteiger partial charge in [0.15, 0.2) is 5.11 Å². The molecule has 1 amide bonds. The first-order valence-corrected chi connectivity index (χ1v) is 9.81. The van der Waals surface area contributed by atoms with Crippen LogP contribution in [0.15, 0.2) is 18.2 Å². The highest BCUT2D eigenvalue weighted by Gasteiger charge is 2.27. The van der Waals surface area contributed by atoms with Gasteiger partial charge in [-0.1, -0.05) is 31.0 Å². The summed E-state index contributed by atoms with van der Waals surface area (Å²) in [6, 6.07) is 6.20.